The number of hydrogen-bond acceptors (Lipinski definition) is 3. The van der Waals surface area contributed by atoms with E-state index < -0.39 is 21.8 Å². The molecule has 0 aromatic heterocycles. The third-order valence-corrected chi connectivity index (χ3v) is 5.14. The van der Waals surface area contributed by atoms with Crippen molar-refractivity contribution in [2.75, 3.05) is 11.0 Å². The van der Waals surface area contributed by atoms with Gasteiger partial charge in [0.25, 0.3) is 0 Å². The third-order valence-electron chi connectivity index (χ3n) is 4.54. The minimum atomic E-state index is -4.39. The molecule has 1 aliphatic rings. The van der Waals surface area contributed by atoms with E-state index in [-0.39, 0.29) is 18.5 Å². The number of hydrogen-bond donors (Lipinski definition) is 1. The molecule has 1 fully saturated rings. The van der Waals surface area contributed by atoms with Crippen LogP contribution in [0.3, 0.4) is 0 Å². The molecule has 5 nitrogen and oxygen atoms in total. The van der Waals surface area contributed by atoms with Crippen LogP contribution in [0.25, 0.3) is 6.08 Å². The van der Waals surface area contributed by atoms with Gasteiger partial charge in [0.15, 0.2) is 0 Å². The van der Waals surface area contributed by atoms with Crippen molar-refractivity contribution >= 4 is 27.7 Å². The van der Waals surface area contributed by atoms with Crippen LogP contribution in [0.15, 0.2) is 54.6 Å². The predicted molar refractivity (Wildman–Crippen MR) is 109 cm³/mol. The Labute approximate surface area is 173 Å². The van der Waals surface area contributed by atoms with E-state index in [1.807, 2.05) is 0 Å². The van der Waals surface area contributed by atoms with E-state index in [0.717, 1.165) is 31.2 Å². The maximum absolute atomic E-state index is 12.7. The second-order valence-corrected chi connectivity index (χ2v) is 8.97. The van der Waals surface area contributed by atoms with Crippen LogP contribution >= 0.6 is 0 Å². The average molecular weight is 438 g/mol. The molecular formula is C21H21F3N2O3S. The van der Waals surface area contributed by atoms with Crippen molar-refractivity contribution in [2.45, 2.75) is 31.6 Å². The Kier molecular flexibility index (Phi) is 6.21. The summed E-state index contributed by atoms with van der Waals surface area (Å²) in [6, 6.07) is 11.4. The third kappa shape index (κ3) is 6.35. The van der Waals surface area contributed by atoms with Gasteiger partial charge in [-0.15, -0.1) is 0 Å². The number of rotatable bonds is 7. The second-order valence-electron chi connectivity index (χ2n) is 7.22. The van der Waals surface area contributed by atoms with Crippen molar-refractivity contribution in [1.82, 2.24) is 4.90 Å². The van der Waals surface area contributed by atoms with Gasteiger partial charge in [0, 0.05) is 24.4 Å². The molecule has 1 saturated carbocycles. The van der Waals surface area contributed by atoms with Crippen LogP contribution < -0.4 is 4.72 Å². The standard InChI is InChI=1S/C21H21F3N2O3S/c1-30(28,29)25-18-9-4-15(5-10-18)6-13-20(27)26(19-11-12-19)14-16-2-7-17(8-3-16)21(22,23)24/h2-10,13,19,25H,11-12,14H2,1H3/b13-6+. The molecule has 0 unspecified atom stereocenters. The molecule has 9 heteroatoms. The second kappa shape index (κ2) is 8.51. The van der Waals surface area contributed by atoms with Crippen molar-refractivity contribution in [3.63, 3.8) is 0 Å². The fourth-order valence-electron chi connectivity index (χ4n) is 2.91. The largest absolute Gasteiger partial charge is 0.416 e. The Morgan fingerprint density at radius 1 is 1.10 bits per heavy atom. The van der Waals surface area contributed by atoms with Gasteiger partial charge in [-0.2, -0.15) is 13.2 Å². The Bertz CT molecular complexity index is 1030. The molecule has 1 N–H and O–H groups in total. The van der Waals surface area contributed by atoms with Gasteiger partial charge in [-0.25, -0.2) is 8.42 Å². The van der Waals surface area contributed by atoms with Crippen molar-refractivity contribution in [2.24, 2.45) is 0 Å². The number of nitrogens with zero attached hydrogens (tertiary/aromatic N) is 1. The lowest BCUT2D eigenvalue weighted by atomic mass is 10.1. The summed E-state index contributed by atoms with van der Waals surface area (Å²) in [6.07, 6.45) is 1.44. The van der Waals surface area contributed by atoms with E-state index in [1.54, 1.807) is 35.2 Å². The number of benzene rings is 2. The van der Waals surface area contributed by atoms with Gasteiger partial charge in [-0.05, 0) is 54.3 Å². The fourth-order valence-corrected chi connectivity index (χ4v) is 3.47. The average Bonchev–Trinajstić information content (AvgIpc) is 3.49. The molecule has 0 saturated heterocycles. The lowest BCUT2D eigenvalue weighted by molar-refractivity contribution is -0.137. The van der Waals surface area contributed by atoms with E-state index in [4.69, 9.17) is 0 Å². The Morgan fingerprint density at radius 3 is 2.20 bits per heavy atom. The molecule has 3 rings (SSSR count). The molecule has 2 aromatic carbocycles. The summed E-state index contributed by atoms with van der Waals surface area (Å²) in [7, 11) is -3.36. The van der Waals surface area contributed by atoms with E-state index in [1.165, 1.54) is 18.2 Å². The number of nitrogens with one attached hydrogen (secondary N) is 1. The molecule has 160 valence electrons. The first-order chi connectivity index (χ1) is 14.0. The molecule has 30 heavy (non-hydrogen) atoms. The Hall–Kier alpha value is -2.81. The molecule has 1 aliphatic carbocycles. The quantitative estimate of drug-likeness (QED) is 0.656. The molecule has 0 heterocycles. The van der Waals surface area contributed by atoms with Crippen LogP contribution in [0.1, 0.15) is 29.5 Å². The highest BCUT2D eigenvalue weighted by atomic mass is 32.2. The number of halogens is 3. The number of anilines is 1. The topological polar surface area (TPSA) is 66.5 Å². The van der Waals surface area contributed by atoms with Gasteiger partial charge in [0.1, 0.15) is 0 Å². The molecule has 0 bridgehead atoms. The normalized spacial score (nSPS) is 14.7. The lowest BCUT2D eigenvalue weighted by Crippen LogP contribution is -2.31. The zero-order valence-corrected chi connectivity index (χ0v) is 17.0. The summed E-state index contributed by atoms with van der Waals surface area (Å²) in [4.78, 5) is 14.3. The van der Waals surface area contributed by atoms with Crippen LogP contribution in [0.5, 0.6) is 0 Å². The highest BCUT2D eigenvalue weighted by Crippen LogP contribution is 2.31. The van der Waals surface area contributed by atoms with Gasteiger partial charge in [0.05, 0.1) is 11.8 Å². The summed E-state index contributed by atoms with van der Waals surface area (Å²) < 4.78 is 62.9. The van der Waals surface area contributed by atoms with Gasteiger partial charge >= 0.3 is 6.18 Å². The minimum Gasteiger partial charge on any atom is -0.332 e. The number of sulfonamides is 1. The minimum absolute atomic E-state index is 0.0887. The van der Waals surface area contributed by atoms with Gasteiger partial charge in [-0.3, -0.25) is 9.52 Å². The number of carbonyl (C=O) groups is 1. The first-order valence-corrected chi connectivity index (χ1v) is 11.1. The highest BCUT2D eigenvalue weighted by molar-refractivity contribution is 7.92. The molecule has 0 atom stereocenters. The number of alkyl halides is 3. The SMILES string of the molecule is CS(=O)(=O)Nc1ccc(/C=C/C(=O)N(Cc2ccc(C(F)(F)F)cc2)C2CC2)cc1. The summed E-state index contributed by atoms with van der Waals surface area (Å²) in [5, 5.41) is 0. The van der Waals surface area contributed by atoms with E-state index in [9.17, 15) is 26.4 Å². The predicted octanol–water partition coefficient (Wildman–Crippen LogP) is 4.28. The molecule has 0 radical (unpaired) electrons. The number of carbonyl (C=O) groups excluding carboxylic acids is 1. The summed E-state index contributed by atoms with van der Waals surface area (Å²) in [5.41, 5.74) is 1.05. The van der Waals surface area contributed by atoms with Crippen molar-refractivity contribution < 1.29 is 26.4 Å². The summed E-state index contributed by atoms with van der Waals surface area (Å²) in [6.45, 7) is 0.239. The van der Waals surface area contributed by atoms with Crippen LogP contribution in [-0.2, 0) is 27.5 Å². The Morgan fingerprint density at radius 2 is 1.70 bits per heavy atom. The van der Waals surface area contributed by atoms with Crippen LogP contribution in [0.2, 0.25) is 0 Å². The van der Waals surface area contributed by atoms with Crippen LogP contribution in [0.4, 0.5) is 18.9 Å². The molecule has 0 spiro atoms. The van der Waals surface area contributed by atoms with E-state index in [0.29, 0.717) is 16.8 Å². The first-order valence-electron chi connectivity index (χ1n) is 9.24. The molecular weight excluding hydrogens is 417 g/mol. The van der Waals surface area contributed by atoms with Gasteiger partial charge < -0.3 is 4.90 Å². The van der Waals surface area contributed by atoms with E-state index >= 15 is 0 Å². The maximum atomic E-state index is 12.7. The first kappa shape index (κ1) is 21.9. The molecule has 1 amide bonds. The molecule has 0 aliphatic heterocycles. The zero-order valence-electron chi connectivity index (χ0n) is 16.2. The van der Waals surface area contributed by atoms with Gasteiger partial charge in [0.2, 0.25) is 15.9 Å². The highest BCUT2D eigenvalue weighted by Gasteiger charge is 2.32. The summed E-state index contributed by atoms with van der Waals surface area (Å²) >= 11 is 0. The smallest absolute Gasteiger partial charge is 0.332 e. The monoisotopic (exact) mass is 438 g/mol. The summed E-state index contributed by atoms with van der Waals surface area (Å²) in [5.74, 6) is -0.226. The molecule has 2 aromatic rings. The maximum Gasteiger partial charge on any atom is 0.416 e. The van der Waals surface area contributed by atoms with E-state index in [2.05, 4.69) is 4.72 Å². The lowest BCUT2D eigenvalue weighted by Gasteiger charge is -2.21. The Balaban J connectivity index is 1.66. The van der Waals surface area contributed by atoms with Crippen LogP contribution in [0, 0.1) is 0 Å². The fraction of sp³-hybridized carbons (Fsp3) is 0.286. The van der Waals surface area contributed by atoms with Crippen molar-refractivity contribution in [1.29, 1.82) is 0 Å². The zero-order chi connectivity index (χ0) is 21.9. The van der Waals surface area contributed by atoms with Crippen LogP contribution in [-0.4, -0.2) is 31.5 Å². The van der Waals surface area contributed by atoms with Gasteiger partial charge in [-0.1, -0.05) is 24.3 Å². The number of amides is 1. The van der Waals surface area contributed by atoms with Crippen molar-refractivity contribution in [3.05, 3.63) is 71.3 Å². The van der Waals surface area contributed by atoms with Crippen molar-refractivity contribution in [3.8, 4) is 0 Å².